The van der Waals surface area contributed by atoms with Gasteiger partial charge in [0.05, 0.1) is 5.56 Å². The molecule has 0 radical (unpaired) electrons. The molecule has 0 amide bonds. The molecule has 0 saturated heterocycles. The third kappa shape index (κ3) is 2.88. The molecule has 0 aliphatic rings. The highest BCUT2D eigenvalue weighted by molar-refractivity contribution is 5.61. The van der Waals surface area contributed by atoms with Crippen LogP contribution in [0.15, 0.2) is 30.3 Å². The first-order chi connectivity index (χ1) is 8.59. The van der Waals surface area contributed by atoms with Gasteiger partial charge in [-0.1, -0.05) is 19.9 Å². The Bertz CT molecular complexity index is 518. The summed E-state index contributed by atoms with van der Waals surface area (Å²) in [5.41, 5.74) is -0.224. The summed E-state index contributed by atoms with van der Waals surface area (Å²) in [4.78, 5) is 3.81. The van der Waals surface area contributed by atoms with Crippen LogP contribution >= 0.6 is 0 Å². The van der Waals surface area contributed by atoms with E-state index >= 15 is 0 Å². The molecular weight excluding hydrogens is 239 g/mol. The minimum Gasteiger partial charge on any atom is -0.250 e. The molecule has 0 unspecified atom stereocenters. The van der Waals surface area contributed by atoms with Crippen LogP contribution in [-0.2, 0) is 0 Å². The van der Waals surface area contributed by atoms with E-state index in [0.29, 0.717) is 5.69 Å². The highest BCUT2D eigenvalue weighted by atomic mass is 19.1. The van der Waals surface area contributed by atoms with Gasteiger partial charge in [-0.15, -0.1) is 0 Å². The van der Waals surface area contributed by atoms with Crippen LogP contribution in [0.4, 0.5) is 13.2 Å². The zero-order valence-corrected chi connectivity index (χ0v) is 10.5. The van der Waals surface area contributed by atoms with E-state index in [1.165, 1.54) is 12.1 Å². The van der Waals surface area contributed by atoms with Crippen LogP contribution in [0.3, 0.4) is 0 Å². The molecule has 2 rings (SSSR count). The number of pyridine rings is 1. The molecule has 1 aromatic carbocycles. The molecule has 0 aliphatic carbocycles. The van der Waals surface area contributed by atoms with Crippen LogP contribution in [-0.4, -0.2) is 4.98 Å². The molecule has 96 valence electrons. The fourth-order valence-corrected chi connectivity index (χ4v) is 1.44. The quantitative estimate of drug-likeness (QED) is 0.729. The van der Waals surface area contributed by atoms with Crippen molar-refractivity contribution in [1.29, 1.82) is 0 Å². The van der Waals surface area contributed by atoms with Gasteiger partial charge in [0.15, 0.2) is 0 Å². The van der Waals surface area contributed by atoms with Gasteiger partial charge in [-0.3, -0.25) is 0 Å². The summed E-state index contributed by atoms with van der Waals surface area (Å²) >= 11 is 0. The van der Waals surface area contributed by atoms with Crippen molar-refractivity contribution in [3.8, 4) is 11.3 Å². The van der Waals surface area contributed by atoms with Crippen molar-refractivity contribution >= 4 is 0 Å². The molecule has 4 heteroatoms. The Hall–Kier alpha value is -1.84. The summed E-state index contributed by atoms with van der Waals surface area (Å²) in [6, 6.07) is 5.95. The first kappa shape index (κ1) is 14.2. The molecule has 0 aliphatic heterocycles. The van der Waals surface area contributed by atoms with E-state index in [9.17, 15) is 13.2 Å². The molecule has 1 aromatic heterocycles. The maximum Gasteiger partial charge on any atom is 0.149 e. The van der Waals surface area contributed by atoms with Crippen molar-refractivity contribution in [2.24, 2.45) is 0 Å². The standard InChI is InChI=1S/C12H8F3N.C2H6/c1-7-5-6-10(15)12(16-7)11-8(13)3-2-4-9(11)14;1-2/h2-6H,1H3;1-2H3. The van der Waals surface area contributed by atoms with E-state index in [2.05, 4.69) is 4.98 Å². The monoisotopic (exact) mass is 253 g/mol. The maximum absolute atomic E-state index is 13.4. The second kappa shape index (κ2) is 6.19. The predicted molar refractivity (Wildman–Crippen MR) is 65.6 cm³/mol. The molecule has 0 N–H and O–H groups in total. The second-order valence-electron chi connectivity index (χ2n) is 3.38. The Morgan fingerprint density at radius 2 is 1.39 bits per heavy atom. The number of benzene rings is 1. The van der Waals surface area contributed by atoms with E-state index in [1.807, 2.05) is 13.8 Å². The number of aromatic nitrogens is 1. The van der Waals surface area contributed by atoms with Gasteiger partial charge in [0.2, 0.25) is 0 Å². The van der Waals surface area contributed by atoms with E-state index in [0.717, 1.165) is 18.2 Å². The molecule has 2 aromatic rings. The number of aryl methyl sites for hydroxylation is 1. The third-order valence-electron chi connectivity index (χ3n) is 2.18. The van der Waals surface area contributed by atoms with Crippen molar-refractivity contribution in [3.05, 3.63) is 53.5 Å². The SMILES string of the molecule is CC.Cc1ccc(F)c(-c2c(F)cccc2F)n1. The number of hydrogen-bond acceptors (Lipinski definition) is 1. The Labute approximate surface area is 104 Å². The smallest absolute Gasteiger partial charge is 0.149 e. The van der Waals surface area contributed by atoms with Crippen molar-refractivity contribution in [1.82, 2.24) is 4.98 Å². The Balaban J connectivity index is 0.000000771. The van der Waals surface area contributed by atoms with E-state index in [1.54, 1.807) is 6.92 Å². The lowest BCUT2D eigenvalue weighted by atomic mass is 10.1. The molecule has 1 heterocycles. The summed E-state index contributed by atoms with van der Waals surface area (Å²) in [5.74, 6) is -2.39. The summed E-state index contributed by atoms with van der Waals surface area (Å²) in [6.07, 6.45) is 0. The molecule has 18 heavy (non-hydrogen) atoms. The van der Waals surface area contributed by atoms with Crippen LogP contribution in [0, 0.1) is 24.4 Å². The van der Waals surface area contributed by atoms with Gasteiger partial charge in [-0.05, 0) is 31.2 Å². The lowest BCUT2D eigenvalue weighted by molar-refractivity contribution is 0.578. The van der Waals surface area contributed by atoms with Crippen LogP contribution in [0.2, 0.25) is 0 Å². The average molecular weight is 253 g/mol. The van der Waals surface area contributed by atoms with Gasteiger partial charge in [0, 0.05) is 5.69 Å². The number of rotatable bonds is 1. The fourth-order valence-electron chi connectivity index (χ4n) is 1.44. The van der Waals surface area contributed by atoms with Crippen LogP contribution in [0.25, 0.3) is 11.3 Å². The highest BCUT2D eigenvalue weighted by Gasteiger charge is 2.16. The summed E-state index contributed by atoms with van der Waals surface area (Å²) in [5, 5.41) is 0. The average Bonchev–Trinajstić information content (AvgIpc) is 2.36. The Morgan fingerprint density at radius 3 is 1.94 bits per heavy atom. The van der Waals surface area contributed by atoms with Gasteiger partial charge in [0.1, 0.15) is 23.1 Å². The first-order valence-corrected chi connectivity index (χ1v) is 5.67. The maximum atomic E-state index is 13.4. The molecular formula is C14H14F3N. The second-order valence-corrected chi connectivity index (χ2v) is 3.38. The first-order valence-electron chi connectivity index (χ1n) is 5.67. The molecule has 0 spiro atoms. The van der Waals surface area contributed by atoms with Crippen molar-refractivity contribution in [2.75, 3.05) is 0 Å². The third-order valence-corrected chi connectivity index (χ3v) is 2.18. The predicted octanol–water partition coefficient (Wildman–Crippen LogP) is 4.50. The van der Waals surface area contributed by atoms with Crippen LogP contribution in [0.1, 0.15) is 19.5 Å². The van der Waals surface area contributed by atoms with Gasteiger partial charge >= 0.3 is 0 Å². The normalized spacial score (nSPS) is 9.67. The molecule has 0 fully saturated rings. The minimum atomic E-state index is -0.822. The van der Waals surface area contributed by atoms with Crippen molar-refractivity contribution in [3.63, 3.8) is 0 Å². The zero-order valence-electron chi connectivity index (χ0n) is 10.5. The van der Waals surface area contributed by atoms with E-state index in [-0.39, 0.29) is 5.69 Å². The van der Waals surface area contributed by atoms with Crippen LogP contribution in [0.5, 0.6) is 0 Å². The van der Waals surface area contributed by atoms with Crippen LogP contribution < -0.4 is 0 Å². The number of nitrogens with zero attached hydrogens (tertiary/aromatic N) is 1. The van der Waals surface area contributed by atoms with E-state index < -0.39 is 23.0 Å². The molecule has 0 bridgehead atoms. The molecule has 0 saturated carbocycles. The lowest BCUT2D eigenvalue weighted by Crippen LogP contribution is -1.97. The fraction of sp³-hybridized carbons (Fsp3) is 0.214. The van der Waals surface area contributed by atoms with Gasteiger partial charge in [0.25, 0.3) is 0 Å². The molecule has 0 atom stereocenters. The van der Waals surface area contributed by atoms with E-state index in [4.69, 9.17) is 0 Å². The minimum absolute atomic E-state index is 0.296. The summed E-state index contributed by atoms with van der Waals surface area (Å²) in [6.45, 7) is 5.63. The highest BCUT2D eigenvalue weighted by Crippen LogP contribution is 2.26. The summed E-state index contributed by atoms with van der Waals surface area (Å²) < 4.78 is 40.2. The van der Waals surface area contributed by atoms with Crippen molar-refractivity contribution < 1.29 is 13.2 Å². The largest absolute Gasteiger partial charge is 0.250 e. The summed E-state index contributed by atoms with van der Waals surface area (Å²) in [7, 11) is 0. The van der Waals surface area contributed by atoms with Gasteiger partial charge in [-0.25, -0.2) is 18.2 Å². The number of halogens is 3. The van der Waals surface area contributed by atoms with Gasteiger partial charge in [-0.2, -0.15) is 0 Å². The Kier molecular flexibility index (Phi) is 4.89. The topological polar surface area (TPSA) is 12.9 Å². The van der Waals surface area contributed by atoms with Gasteiger partial charge < -0.3 is 0 Å². The molecule has 1 nitrogen and oxygen atoms in total. The Morgan fingerprint density at radius 1 is 0.833 bits per heavy atom. The lowest BCUT2D eigenvalue weighted by Gasteiger charge is -2.06. The van der Waals surface area contributed by atoms with Crippen molar-refractivity contribution in [2.45, 2.75) is 20.8 Å². The number of hydrogen-bond donors (Lipinski definition) is 0. The zero-order chi connectivity index (χ0) is 13.7.